The van der Waals surface area contributed by atoms with Crippen LogP contribution < -0.4 is 5.32 Å². The first-order chi connectivity index (χ1) is 15.6. The highest BCUT2D eigenvalue weighted by Gasteiger charge is 2.34. The van der Waals surface area contributed by atoms with Gasteiger partial charge in [0, 0.05) is 36.0 Å². The van der Waals surface area contributed by atoms with Crippen molar-refractivity contribution in [1.82, 2.24) is 19.4 Å². The molecule has 1 fully saturated rings. The van der Waals surface area contributed by atoms with Crippen LogP contribution in [0, 0.1) is 19.8 Å². The Morgan fingerprint density at radius 2 is 1.97 bits per heavy atom. The van der Waals surface area contributed by atoms with Gasteiger partial charge in [0.05, 0.1) is 9.77 Å². The number of anilines is 1. The van der Waals surface area contributed by atoms with Crippen molar-refractivity contribution in [3.8, 4) is 10.7 Å². The summed E-state index contributed by atoms with van der Waals surface area (Å²) >= 11 is 1.33. The number of aromatic nitrogens is 3. The van der Waals surface area contributed by atoms with E-state index in [9.17, 15) is 13.2 Å². The van der Waals surface area contributed by atoms with Crippen molar-refractivity contribution >= 4 is 33.1 Å². The molecule has 1 aliphatic rings. The van der Waals surface area contributed by atoms with E-state index in [1.807, 2.05) is 26.8 Å². The first-order valence-corrected chi connectivity index (χ1v) is 13.1. The maximum absolute atomic E-state index is 13.3. The summed E-state index contributed by atoms with van der Waals surface area (Å²) in [5, 5.41) is 6.82. The average molecular weight is 490 g/mol. The van der Waals surface area contributed by atoms with E-state index in [1.54, 1.807) is 25.3 Å². The van der Waals surface area contributed by atoms with Gasteiger partial charge in [0.25, 0.3) is 0 Å². The largest absolute Gasteiger partial charge is 0.339 e. The van der Waals surface area contributed by atoms with Crippen LogP contribution in [0.25, 0.3) is 10.7 Å². The van der Waals surface area contributed by atoms with Crippen molar-refractivity contribution in [3.63, 3.8) is 0 Å². The number of rotatable bonds is 6. The highest BCUT2D eigenvalue weighted by molar-refractivity contribution is 7.89. The summed E-state index contributed by atoms with van der Waals surface area (Å²) in [6.45, 7) is 8.18. The number of sulfonamides is 1. The Morgan fingerprint density at radius 3 is 2.58 bits per heavy atom. The molecule has 11 heteroatoms. The van der Waals surface area contributed by atoms with Gasteiger partial charge in [0.2, 0.25) is 27.6 Å². The Balaban J connectivity index is 1.43. The van der Waals surface area contributed by atoms with Gasteiger partial charge in [-0.15, -0.1) is 11.3 Å². The summed E-state index contributed by atoms with van der Waals surface area (Å²) in [4.78, 5) is 22.8. The predicted octanol–water partition coefficient (Wildman–Crippen LogP) is 3.97. The quantitative estimate of drug-likeness (QED) is 0.556. The number of carbonyl (C=O) groups excluding carboxylic acids is 1. The highest BCUT2D eigenvalue weighted by atomic mass is 32.2. The van der Waals surface area contributed by atoms with Crippen LogP contribution in [-0.2, 0) is 14.8 Å². The molecule has 4 rings (SSSR count). The van der Waals surface area contributed by atoms with Gasteiger partial charge in [-0.3, -0.25) is 4.79 Å². The topological polar surface area (TPSA) is 118 Å². The fourth-order valence-corrected chi connectivity index (χ4v) is 6.62. The fourth-order valence-electron chi connectivity index (χ4n) is 3.67. The van der Waals surface area contributed by atoms with Crippen LogP contribution in [0.1, 0.15) is 48.9 Å². The van der Waals surface area contributed by atoms with Gasteiger partial charge in [-0.1, -0.05) is 25.1 Å². The molecule has 0 spiro atoms. The third-order valence-corrected chi connectivity index (χ3v) is 8.83. The lowest BCUT2D eigenvalue weighted by atomic mass is 9.97. The van der Waals surface area contributed by atoms with Crippen molar-refractivity contribution < 1.29 is 17.7 Å². The summed E-state index contributed by atoms with van der Waals surface area (Å²) in [5.74, 6) is 1.12. The number of pyridine rings is 1. The standard InChI is InChI=1S/C22H27N5O4S2/c1-13(2)22-25-20(26-31-22)17-11-18(15(4)32-17)33(29,30)27-9-7-16(8-10-27)21(28)24-19-6-5-14(3)12-23-19/h5-6,11-13,16H,7-10H2,1-4H3,(H,23,24,28). The minimum Gasteiger partial charge on any atom is -0.339 e. The minimum atomic E-state index is -3.69. The molecular weight excluding hydrogens is 462 g/mol. The molecule has 0 saturated carbocycles. The summed E-state index contributed by atoms with van der Waals surface area (Å²) < 4.78 is 33.4. The van der Waals surface area contributed by atoms with E-state index in [2.05, 4.69) is 20.4 Å². The van der Waals surface area contributed by atoms with Crippen LogP contribution in [0.5, 0.6) is 0 Å². The number of aryl methyl sites for hydroxylation is 2. The molecule has 0 aliphatic carbocycles. The molecule has 0 atom stereocenters. The molecular formula is C22H27N5O4S2. The van der Waals surface area contributed by atoms with Gasteiger partial charge < -0.3 is 9.84 Å². The van der Waals surface area contributed by atoms with Crippen molar-refractivity contribution in [2.75, 3.05) is 18.4 Å². The smallest absolute Gasteiger partial charge is 0.244 e. The molecule has 1 aliphatic heterocycles. The fraction of sp³-hybridized carbons (Fsp3) is 0.455. The Bertz CT molecular complexity index is 1240. The number of piperidine rings is 1. The summed E-state index contributed by atoms with van der Waals surface area (Å²) in [7, 11) is -3.69. The lowest BCUT2D eigenvalue weighted by Crippen LogP contribution is -2.41. The highest BCUT2D eigenvalue weighted by Crippen LogP contribution is 2.35. The zero-order valence-corrected chi connectivity index (χ0v) is 20.7. The molecule has 3 aromatic heterocycles. The predicted molar refractivity (Wildman–Crippen MR) is 126 cm³/mol. The van der Waals surface area contributed by atoms with Crippen LogP contribution in [0.15, 0.2) is 33.8 Å². The molecule has 4 heterocycles. The Hall–Kier alpha value is -2.63. The van der Waals surface area contributed by atoms with Crippen molar-refractivity contribution in [2.45, 2.75) is 51.3 Å². The number of thiophene rings is 1. The van der Waals surface area contributed by atoms with Crippen LogP contribution in [-0.4, -0.2) is 46.8 Å². The number of nitrogens with zero attached hydrogens (tertiary/aromatic N) is 4. The van der Waals surface area contributed by atoms with E-state index in [4.69, 9.17) is 4.52 Å². The number of hydrogen-bond donors (Lipinski definition) is 1. The second-order valence-corrected chi connectivity index (χ2v) is 11.7. The summed E-state index contributed by atoms with van der Waals surface area (Å²) in [6, 6.07) is 5.26. The Morgan fingerprint density at radius 1 is 1.24 bits per heavy atom. The normalized spacial score (nSPS) is 15.8. The number of nitrogens with one attached hydrogen (secondary N) is 1. The average Bonchev–Trinajstić information content (AvgIpc) is 3.43. The maximum atomic E-state index is 13.3. The SMILES string of the molecule is Cc1ccc(NC(=O)C2CCN(S(=O)(=O)c3cc(-c4noc(C(C)C)n4)sc3C)CC2)nc1. The third kappa shape index (κ3) is 4.99. The molecule has 1 saturated heterocycles. The molecule has 1 N–H and O–H groups in total. The van der Waals surface area contributed by atoms with Crippen LogP contribution in [0.3, 0.4) is 0 Å². The maximum Gasteiger partial charge on any atom is 0.244 e. The molecule has 33 heavy (non-hydrogen) atoms. The first-order valence-electron chi connectivity index (χ1n) is 10.8. The zero-order chi connectivity index (χ0) is 23.8. The number of amides is 1. The van der Waals surface area contributed by atoms with E-state index in [1.165, 1.54) is 15.6 Å². The molecule has 3 aromatic rings. The second kappa shape index (κ2) is 9.32. The van der Waals surface area contributed by atoms with Gasteiger partial charge in [0.15, 0.2) is 0 Å². The summed E-state index contributed by atoms with van der Waals surface area (Å²) in [6.07, 6.45) is 2.60. The van der Waals surface area contributed by atoms with E-state index in [0.717, 1.165) is 5.56 Å². The van der Waals surface area contributed by atoms with Crippen LogP contribution >= 0.6 is 11.3 Å². The van der Waals surface area contributed by atoms with E-state index >= 15 is 0 Å². The molecule has 0 radical (unpaired) electrons. The van der Waals surface area contributed by atoms with Crippen molar-refractivity contribution in [2.24, 2.45) is 5.92 Å². The molecule has 0 aromatic carbocycles. The van der Waals surface area contributed by atoms with Gasteiger partial charge in [-0.2, -0.15) is 9.29 Å². The number of hydrogen-bond acceptors (Lipinski definition) is 8. The molecule has 1 amide bonds. The van der Waals surface area contributed by atoms with Crippen LogP contribution in [0.4, 0.5) is 5.82 Å². The van der Waals surface area contributed by atoms with Crippen LogP contribution in [0.2, 0.25) is 0 Å². The monoisotopic (exact) mass is 489 g/mol. The Kier molecular flexibility index (Phi) is 6.64. The van der Waals surface area contributed by atoms with Crippen molar-refractivity contribution in [3.05, 3.63) is 40.7 Å². The Labute approximate surface area is 197 Å². The zero-order valence-electron chi connectivity index (χ0n) is 19.0. The summed E-state index contributed by atoms with van der Waals surface area (Å²) in [5.41, 5.74) is 1.01. The van der Waals surface area contributed by atoms with Gasteiger partial charge in [0.1, 0.15) is 5.82 Å². The number of carbonyl (C=O) groups is 1. The molecule has 176 valence electrons. The molecule has 0 unspecified atom stereocenters. The third-order valence-electron chi connectivity index (χ3n) is 5.63. The van der Waals surface area contributed by atoms with Crippen molar-refractivity contribution in [1.29, 1.82) is 0 Å². The second-order valence-electron chi connectivity index (χ2n) is 8.53. The lowest BCUT2D eigenvalue weighted by Gasteiger charge is -2.30. The first kappa shape index (κ1) is 23.5. The lowest BCUT2D eigenvalue weighted by molar-refractivity contribution is -0.120. The van der Waals surface area contributed by atoms with Gasteiger partial charge in [-0.05, 0) is 44.4 Å². The van der Waals surface area contributed by atoms with E-state index < -0.39 is 10.0 Å². The van der Waals surface area contributed by atoms with Gasteiger partial charge in [-0.25, -0.2) is 13.4 Å². The van der Waals surface area contributed by atoms with E-state index in [-0.39, 0.29) is 35.7 Å². The molecule has 0 bridgehead atoms. The minimum absolute atomic E-state index is 0.0933. The molecule has 9 nitrogen and oxygen atoms in total. The van der Waals surface area contributed by atoms with Gasteiger partial charge >= 0.3 is 0 Å². The van der Waals surface area contributed by atoms with E-state index in [0.29, 0.717) is 40.1 Å².